The molecule has 0 unspecified atom stereocenters. The second-order valence-corrected chi connectivity index (χ2v) is 2.83. The summed E-state index contributed by atoms with van der Waals surface area (Å²) in [6.07, 6.45) is 9.27. The van der Waals surface area contributed by atoms with E-state index in [1.54, 1.807) is 0 Å². The van der Waals surface area contributed by atoms with Crippen molar-refractivity contribution in [1.82, 2.24) is 0 Å². The highest BCUT2D eigenvalue weighted by molar-refractivity contribution is 5.40. The molecule has 0 saturated heterocycles. The molecule has 0 aromatic rings. The molecule has 1 rings (SSSR count). The molecule has 0 saturated carbocycles. The van der Waals surface area contributed by atoms with Crippen molar-refractivity contribution in [3.63, 3.8) is 0 Å². The van der Waals surface area contributed by atoms with Crippen molar-refractivity contribution in [3.05, 3.63) is 29.2 Å². The lowest BCUT2D eigenvalue weighted by atomic mass is 9.91. The van der Waals surface area contributed by atoms with E-state index in [0.29, 0.717) is 0 Å². The van der Waals surface area contributed by atoms with Gasteiger partial charge in [-0.05, 0) is 25.7 Å². The zero-order valence-corrected chi connectivity index (χ0v) is 7.06. The molecule has 0 fully saturated rings. The van der Waals surface area contributed by atoms with Crippen molar-refractivity contribution < 1.29 is 5.11 Å². The first-order valence-electron chi connectivity index (χ1n) is 4.07. The van der Waals surface area contributed by atoms with Gasteiger partial charge in [-0.25, -0.2) is 0 Å². The second-order valence-electron chi connectivity index (χ2n) is 2.83. The fraction of sp³-hybridized carbons (Fsp3) is 0.364. The maximum absolute atomic E-state index is 9.37. The molecule has 1 N–H and O–H groups in total. The van der Waals surface area contributed by atoms with Crippen molar-refractivity contribution >= 4 is 0 Å². The summed E-state index contributed by atoms with van der Waals surface area (Å²) in [5.41, 5.74) is 4.24. The molecular formula is C11H12O. The largest absolute Gasteiger partial charge is 0.501 e. The molecule has 62 valence electrons. The first kappa shape index (κ1) is 8.71. The third-order valence-corrected chi connectivity index (χ3v) is 2.10. The van der Waals surface area contributed by atoms with Gasteiger partial charge in [0.2, 0.25) is 0 Å². The Hall–Kier alpha value is -1.38. The number of rotatable bonds is 1. The zero-order chi connectivity index (χ0) is 8.97. The minimum atomic E-state index is 0.127. The predicted octanol–water partition coefficient (Wildman–Crippen LogP) is 2.72. The summed E-state index contributed by atoms with van der Waals surface area (Å²) in [6, 6.07) is 0. The van der Waals surface area contributed by atoms with Gasteiger partial charge in [-0.15, -0.1) is 6.42 Å². The lowest BCUT2D eigenvalue weighted by molar-refractivity contribution is 0.414. The molecule has 1 aliphatic carbocycles. The van der Waals surface area contributed by atoms with Crippen LogP contribution < -0.4 is 0 Å². The average molecular weight is 160 g/mol. The van der Waals surface area contributed by atoms with Crippen LogP contribution in [-0.4, -0.2) is 5.11 Å². The first-order chi connectivity index (χ1) is 5.79. The van der Waals surface area contributed by atoms with Crippen molar-refractivity contribution in [2.45, 2.75) is 25.7 Å². The minimum absolute atomic E-state index is 0.127. The standard InChI is InChI=1S/C11H12O/c1-3-9-7-5-6-8-10(9)11(12)4-2/h1,12H,2,5-8H2. The Morgan fingerprint density at radius 1 is 1.42 bits per heavy atom. The Kier molecular flexibility index (Phi) is 2.80. The van der Waals surface area contributed by atoms with Gasteiger partial charge in [0.25, 0.3) is 0 Å². The van der Waals surface area contributed by atoms with Gasteiger partial charge in [-0.2, -0.15) is 0 Å². The lowest BCUT2D eigenvalue weighted by Crippen LogP contribution is -2.00. The molecule has 0 amide bonds. The highest BCUT2D eigenvalue weighted by Crippen LogP contribution is 2.27. The molecule has 1 heteroatoms. The number of allylic oxidation sites excluding steroid dienone is 2. The van der Waals surface area contributed by atoms with E-state index in [0.717, 1.165) is 36.8 Å². The fourth-order valence-electron chi connectivity index (χ4n) is 1.43. The molecule has 1 aliphatic rings. The van der Waals surface area contributed by atoms with E-state index in [2.05, 4.69) is 18.2 Å². The molecule has 0 radical (unpaired) electrons. The van der Waals surface area contributed by atoms with Crippen LogP contribution in [-0.2, 0) is 0 Å². The lowest BCUT2D eigenvalue weighted by Gasteiger charge is -2.14. The normalized spacial score (nSPS) is 16.6. The Morgan fingerprint density at radius 3 is 2.67 bits per heavy atom. The van der Waals surface area contributed by atoms with E-state index in [1.807, 2.05) is 0 Å². The second kappa shape index (κ2) is 3.85. The SMILES string of the molecule is C#CC1=C(C(O)=C=C)CCCC1. The van der Waals surface area contributed by atoms with Gasteiger partial charge in [-0.3, -0.25) is 0 Å². The van der Waals surface area contributed by atoms with Crippen LogP contribution in [0, 0.1) is 12.3 Å². The summed E-state index contributed by atoms with van der Waals surface area (Å²) in [6.45, 7) is 3.39. The molecule has 0 bridgehead atoms. The van der Waals surface area contributed by atoms with Crippen LogP contribution in [0.2, 0.25) is 0 Å². The smallest absolute Gasteiger partial charge is 0.162 e. The number of terminal acetylenes is 1. The predicted molar refractivity (Wildman–Crippen MR) is 49.6 cm³/mol. The van der Waals surface area contributed by atoms with E-state index in [9.17, 15) is 5.11 Å². The zero-order valence-electron chi connectivity index (χ0n) is 7.06. The molecule has 0 heterocycles. The van der Waals surface area contributed by atoms with Crippen LogP contribution in [0.1, 0.15) is 25.7 Å². The maximum atomic E-state index is 9.37. The van der Waals surface area contributed by atoms with Crippen molar-refractivity contribution in [2.75, 3.05) is 0 Å². The molecule has 1 nitrogen and oxygen atoms in total. The van der Waals surface area contributed by atoms with Gasteiger partial charge in [0.1, 0.15) is 0 Å². The van der Waals surface area contributed by atoms with E-state index in [-0.39, 0.29) is 5.76 Å². The van der Waals surface area contributed by atoms with Crippen LogP contribution in [0.3, 0.4) is 0 Å². The molecule has 12 heavy (non-hydrogen) atoms. The molecule has 0 spiro atoms. The maximum Gasteiger partial charge on any atom is 0.162 e. The molecule has 0 aromatic carbocycles. The number of hydrogen-bond donors (Lipinski definition) is 1. The topological polar surface area (TPSA) is 20.2 Å². The summed E-state index contributed by atoms with van der Waals surface area (Å²) in [4.78, 5) is 0. The minimum Gasteiger partial charge on any atom is -0.501 e. The van der Waals surface area contributed by atoms with E-state index in [1.165, 1.54) is 0 Å². The number of aliphatic hydroxyl groups excluding tert-OH is 1. The van der Waals surface area contributed by atoms with Crippen LogP contribution in [0.4, 0.5) is 0 Å². The van der Waals surface area contributed by atoms with E-state index in [4.69, 9.17) is 6.42 Å². The van der Waals surface area contributed by atoms with Gasteiger partial charge in [0.05, 0.1) is 0 Å². The summed E-state index contributed by atoms with van der Waals surface area (Å²) < 4.78 is 0. The Labute approximate surface area is 73.1 Å². The van der Waals surface area contributed by atoms with Gasteiger partial charge < -0.3 is 5.11 Å². The summed E-state index contributed by atoms with van der Waals surface area (Å²) in [5, 5.41) is 9.37. The number of aliphatic hydroxyl groups is 1. The van der Waals surface area contributed by atoms with E-state index < -0.39 is 0 Å². The Morgan fingerprint density at radius 2 is 2.08 bits per heavy atom. The van der Waals surface area contributed by atoms with Crippen molar-refractivity contribution in [1.29, 1.82) is 0 Å². The third-order valence-electron chi connectivity index (χ3n) is 2.10. The monoisotopic (exact) mass is 160 g/mol. The number of hydrogen-bond acceptors (Lipinski definition) is 1. The van der Waals surface area contributed by atoms with Gasteiger partial charge in [0, 0.05) is 11.1 Å². The molecule has 0 aliphatic heterocycles. The summed E-state index contributed by atoms with van der Waals surface area (Å²) in [5.74, 6) is 2.73. The van der Waals surface area contributed by atoms with Crippen LogP contribution >= 0.6 is 0 Å². The molecule has 0 atom stereocenters. The summed E-state index contributed by atoms with van der Waals surface area (Å²) >= 11 is 0. The van der Waals surface area contributed by atoms with Crippen molar-refractivity contribution in [2.24, 2.45) is 0 Å². The first-order valence-corrected chi connectivity index (χ1v) is 4.07. The van der Waals surface area contributed by atoms with Crippen LogP contribution in [0.15, 0.2) is 29.2 Å². The average Bonchev–Trinajstić information content (AvgIpc) is 2.16. The Bertz CT molecular complexity index is 295. The van der Waals surface area contributed by atoms with E-state index >= 15 is 0 Å². The quantitative estimate of drug-likeness (QED) is 0.355. The van der Waals surface area contributed by atoms with Crippen LogP contribution in [0.25, 0.3) is 0 Å². The molecular weight excluding hydrogens is 148 g/mol. The molecule has 0 aromatic heterocycles. The Balaban J connectivity index is 3.05. The van der Waals surface area contributed by atoms with Gasteiger partial charge >= 0.3 is 0 Å². The third kappa shape index (κ3) is 1.61. The van der Waals surface area contributed by atoms with Crippen molar-refractivity contribution in [3.8, 4) is 12.3 Å². The van der Waals surface area contributed by atoms with Gasteiger partial charge in [0.15, 0.2) is 5.76 Å². The van der Waals surface area contributed by atoms with Crippen LogP contribution in [0.5, 0.6) is 0 Å². The summed E-state index contributed by atoms with van der Waals surface area (Å²) in [7, 11) is 0. The highest BCUT2D eigenvalue weighted by Gasteiger charge is 2.13. The highest BCUT2D eigenvalue weighted by atomic mass is 16.3. The fourth-order valence-corrected chi connectivity index (χ4v) is 1.43. The van der Waals surface area contributed by atoms with Gasteiger partial charge in [-0.1, -0.05) is 18.2 Å².